The molecule has 0 amide bonds. The summed E-state index contributed by atoms with van der Waals surface area (Å²) in [6.07, 6.45) is 0.972. The highest BCUT2D eigenvalue weighted by Crippen LogP contribution is 2.31. The molecule has 4 nitrogen and oxygen atoms in total. The highest BCUT2D eigenvalue weighted by atomic mass is 32.2. The molecule has 4 rings (SSSR count). The van der Waals surface area contributed by atoms with Crippen LogP contribution in [0.1, 0.15) is 53.5 Å². The molecule has 0 fully saturated rings. The zero-order valence-corrected chi connectivity index (χ0v) is 23.9. The van der Waals surface area contributed by atoms with Crippen molar-refractivity contribution in [1.82, 2.24) is 0 Å². The van der Waals surface area contributed by atoms with Crippen molar-refractivity contribution in [3.05, 3.63) is 103 Å². The Morgan fingerprint density at radius 3 is 1.47 bits per heavy atom. The van der Waals surface area contributed by atoms with Crippen molar-refractivity contribution in [2.24, 2.45) is 5.92 Å². The van der Waals surface area contributed by atoms with Crippen LogP contribution in [0.4, 0.5) is 0 Å². The van der Waals surface area contributed by atoms with Gasteiger partial charge >= 0.3 is 0 Å². The molecule has 0 atom stereocenters. The molecule has 0 aliphatic rings. The molecule has 38 heavy (non-hydrogen) atoms. The molecule has 0 aromatic heterocycles. The van der Waals surface area contributed by atoms with Crippen LogP contribution in [0.5, 0.6) is 17.2 Å². The van der Waals surface area contributed by atoms with E-state index in [1.165, 1.54) is 0 Å². The third kappa shape index (κ3) is 7.48. The Hall–Kier alpha value is -3.57. The van der Waals surface area contributed by atoms with Crippen LogP contribution in [-0.2, 0) is 15.3 Å². The van der Waals surface area contributed by atoms with Crippen LogP contribution in [-0.4, -0.2) is 13.5 Å². The lowest BCUT2D eigenvalue weighted by Crippen LogP contribution is -2.15. The van der Waals surface area contributed by atoms with E-state index in [9.17, 15) is 13.5 Å². The summed E-state index contributed by atoms with van der Waals surface area (Å²) in [5.41, 5.74) is 3.12. The molecule has 4 aromatic rings. The number of phenolic OH excluding ortho intramolecular Hbond substituents is 1. The van der Waals surface area contributed by atoms with Crippen molar-refractivity contribution in [2.75, 3.05) is 0 Å². The second-order valence-electron chi connectivity index (χ2n) is 10.6. The molecule has 0 spiro atoms. The minimum absolute atomic E-state index is 0.00351. The standard InChI is InChI=1S/C29H28O4S.C4H10/c1-4-29(2,3)23-9-17-27(18-10-23)34(31,32)28-19-15-26(16-20-28)33-25-13-7-22(8-14-25)21-5-11-24(30)12-6-21;1-4(2)3/h5-20,30H,4H2,1-3H3;4H,1-3H3. The number of rotatable bonds is 7. The average molecular weight is 531 g/mol. The van der Waals surface area contributed by atoms with Gasteiger partial charge in [0.2, 0.25) is 9.84 Å². The van der Waals surface area contributed by atoms with Gasteiger partial charge < -0.3 is 9.84 Å². The maximum atomic E-state index is 13.1. The normalized spacial score (nSPS) is 11.6. The minimum atomic E-state index is -3.61. The van der Waals surface area contributed by atoms with Gasteiger partial charge in [-0.3, -0.25) is 0 Å². The predicted molar refractivity (Wildman–Crippen MR) is 156 cm³/mol. The van der Waals surface area contributed by atoms with Gasteiger partial charge in [0.05, 0.1) is 9.79 Å². The van der Waals surface area contributed by atoms with Gasteiger partial charge in [0.15, 0.2) is 0 Å². The van der Waals surface area contributed by atoms with Gasteiger partial charge in [-0.1, -0.05) is 77.9 Å². The number of sulfone groups is 1. The van der Waals surface area contributed by atoms with E-state index >= 15 is 0 Å². The second-order valence-corrected chi connectivity index (χ2v) is 12.6. The van der Waals surface area contributed by atoms with Gasteiger partial charge in [-0.05, 0) is 95.1 Å². The lowest BCUT2D eigenvalue weighted by Gasteiger charge is -2.23. The third-order valence-corrected chi connectivity index (χ3v) is 8.04. The zero-order chi connectivity index (χ0) is 27.9. The Labute approximate surface area is 227 Å². The quantitative estimate of drug-likeness (QED) is 0.259. The van der Waals surface area contributed by atoms with Crippen molar-refractivity contribution < 1.29 is 18.3 Å². The first-order valence-corrected chi connectivity index (χ1v) is 14.4. The predicted octanol–water partition coefficient (Wildman–Crippen LogP) is 9.03. The van der Waals surface area contributed by atoms with Crippen molar-refractivity contribution in [1.29, 1.82) is 0 Å². The summed E-state index contributed by atoms with van der Waals surface area (Å²) in [7, 11) is -3.61. The lowest BCUT2D eigenvalue weighted by atomic mass is 9.82. The molecule has 0 saturated carbocycles. The summed E-state index contributed by atoms with van der Waals surface area (Å²) in [4.78, 5) is 0.506. The smallest absolute Gasteiger partial charge is 0.206 e. The van der Waals surface area contributed by atoms with E-state index < -0.39 is 9.84 Å². The molecule has 1 N–H and O–H groups in total. The molecular formula is C33H38O4S. The minimum Gasteiger partial charge on any atom is -0.508 e. The van der Waals surface area contributed by atoms with Crippen molar-refractivity contribution in [2.45, 2.75) is 63.2 Å². The van der Waals surface area contributed by atoms with Gasteiger partial charge in [-0.2, -0.15) is 0 Å². The highest BCUT2D eigenvalue weighted by molar-refractivity contribution is 7.91. The molecule has 4 aromatic carbocycles. The summed E-state index contributed by atoms with van der Waals surface area (Å²) in [6, 6.07) is 28.2. The number of ether oxygens (including phenoxy) is 1. The monoisotopic (exact) mass is 530 g/mol. The molecule has 0 unspecified atom stereocenters. The second kappa shape index (κ2) is 12.3. The Morgan fingerprint density at radius 2 is 1.05 bits per heavy atom. The first-order chi connectivity index (χ1) is 17.9. The van der Waals surface area contributed by atoms with E-state index in [-0.39, 0.29) is 21.0 Å². The third-order valence-electron chi connectivity index (χ3n) is 6.25. The number of phenols is 1. The molecule has 200 valence electrons. The van der Waals surface area contributed by atoms with E-state index in [1.54, 1.807) is 48.5 Å². The lowest BCUT2D eigenvalue weighted by molar-refractivity contribution is 0.475. The van der Waals surface area contributed by atoms with Crippen LogP contribution in [0.2, 0.25) is 0 Å². The molecule has 0 aliphatic heterocycles. The van der Waals surface area contributed by atoms with Gasteiger partial charge in [0.1, 0.15) is 17.2 Å². The van der Waals surface area contributed by atoms with Crippen molar-refractivity contribution >= 4 is 9.84 Å². The summed E-state index contributed by atoms with van der Waals surface area (Å²) < 4.78 is 32.0. The average Bonchev–Trinajstić information content (AvgIpc) is 2.90. The van der Waals surface area contributed by atoms with Gasteiger partial charge in [0.25, 0.3) is 0 Å². The fraction of sp³-hybridized carbons (Fsp3) is 0.273. The Kier molecular flexibility index (Phi) is 9.40. The fourth-order valence-corrected chi connectivity index (χ4v) is 4.88. The van der Waals surface area contributed by atoms with Crippen molar-refractivity contribution in [3.8, 4) is 28.4 Å². The number of hydrogen-bond acceptors (Lipinski definition) is 4. The summed E-state index contributed by atoms with van der Waals surface area (Å²) in [6.45, 7) is 12.9. The molecule has 0 radical (unpaired) electrons. The van der Waals surface area contributed by atoms with E-state index in [2.05, 4.69) is 41.5 Å². The van der Waals surface area contributed by atoms with E-state index in [4.69, 9.17) is 4.74 Å². The topological polar surface area (TPSA) is 63.6 Å². The van der Waals surface area contributed by atoms with E-state index in [0.717, 1.165) is 29.0 Å². The summed E-state index contributed by atoms with van der Waals surface area (Å²) in [5.74, 6) is 2.26. The zero-order valence-electron chi connectivity index (χ0n) is 23.1. The molecule has 0 heterocycles. The van der Waals surface area contributed by atoms with Crippen molar-refractivity contribution in [3.63, 3.8) is 0 Å². The summed E-state index contributed by atoms with van der Waals surface area (Å²) >= 11 is 0. The molecule has 5 heteroatoms. The number of aromatic hydroxyl groups is 1. The Balaban J connectivity index is 0.000000934. The number of hydrogen-bond donors (Lipinski definition) is 1. The summed E-state index contributed by atoms with van der Waals surface area (Å²) in [5, 5.41) is 9.44. The van der Waals surface area contributed by atoms with E-state index in [1.807, 2.05) is 48.5 Å². The first kappa shape index (κ1) is 29.0. The van der Waals surface area contributed by atoms with E-state index in [0.29, 0.717) is 11.5 Å². The van der Waals surface area contributed by atoms with Crippen LogP contribution >= 0.6 is 0 Å². The first-order valence-electron chi connectivity index (χ1n) is 13.0. The number of benzene rings is 4. The van der Waals surface area contributed by atoms with Crippen LogP contribution in [0.25, 0.3) is 11.1 Å². The molecule has 0 saturated heterocycles. The Bertz CT molecular complexity index is 1400. The Morgan fingerprint density at radius 1 is 0.684 bits per heavy atom. The fourth-order valence-electron chi connectivity index (χ4n) is 3.62. The van der Waals surface area contributed by atoms with Crippen LogP contribution in [0, 0.1) is 5.92 Å². The van der Waals surface area contributed by atoms with Crippen LogP contribution in [0.3, 0.4) is 0 Å². The SMILES string of the molecule is CC(C)C.CCC(C)(C)c1ccc(S(=O)(=O)c2ccc(Oc3ccc(-c4ccc(O)cc4)cc3)cc2)cc1. The molecule has 0 bridgehead atoms. The maximum absolute atomic E-state index is 13.1. The highest BCUT2D eigenvalue weighted by Gasteiger charge is 2.21. The van der Waals surface area contributed by atoms with Crippen LogP contribution < -0.4 is 4.74 Å². The van der Waals surface area contributed by atoms with Crippen LogP contribution in [0.15, 0.2) is 107 Å². The van der Waals surface area contributed by atoms with Gasteiger partial charge in [0, 0.05) is 0 Å². The molecule has 0 aliphatic carbocycles. The maximum Gasteiger partial charge on any atom is 0.206 e. The largest absolute Gasteiger partial charge is 0.508 e. The van der Waals surface area contributed by atoms with Gasteiger partial charge in [-0.25, -0.2) is 8.42 Å². The molecular weight excluding hydrogens is 492 g/mol. The van der Waals surface area contributed by atoms with Gasteiger partial charge in [-0.15, -0.1) is 0 Å².